The van der Waals surface area contributed by atoms with Gasteiger partial charge in [0.15, 0.2) is 6.61 Å². The highest BCUT2D eigenvalue weighted by molar-refractivity contribution is 5.95. The van der Waals surface area contributed by atoms with Crippen molar-refractivity contribution >= 4 is 29.0 Å². The van der Waals surface area contributed by atoms with E-state index in [9.17, 15) is 14.4 Å². The van der Waals surface area contributed by atoms with Gasteiger partial charge in [-0.1, -0.05) is 0 Å². The van der Waals surface area contributed by atoms with Crippen molar-refractivity contribution in [3.8, 4) is 11.4 Å². The van der Waals surface area contributed by atoms with E-state index in [0.29, 0.717) is 55.2 Å². The van der Waals surface area contributed by atoms with Crippen LogP contribution in [0.2, 0.25) is 0 Å². The van der Waals surface area contributed by atoms with E-state index in [1.54, 1.807) is 47.3 Å². The Balaban J connectivity index is 1.33. The largest absolute Gasteiger partial charge is 0.452 e. The maximum atomic E-state index is 12.5. The Morgan fingerprint density at radius 1 is 1.06 bits per heavy atom. The number of nitrogens with one attached hydrogen (secondary N) is 1. The summed E-state index contributed by atoms with van der Waals surface area (Å²) in [4.78, 5) is 51.5. The number of piperazine rings is 1. The van der Waals surface area contributed by atoms with Gasteiger partial charge in [0, 0.05) is 44.1 Å². The number of imidazole rings is 1. The number of nitrogens with zero attached hydrogens (tertiary/aromatic N) is 4. The molecule has 1 N–H and O–H groups in total. The van der Waals surface area contributed by atoms with Crippen LogP contribution < -0.4 is 0 Å². The average Bonchev–Trinajstić information content (AvgIpc) is 3.26. The number of fused-ring (bicyclic) bond motifs is 1. The number of ether oxygens (including phenoxy) is 2. The number of esters is 1. The first kappa shape index (κ1) is 21.3. The third-order valence-electron chi connectivity index (χ3n) is 5.14. The maximum absolute atomic E-state index is 12.5. The predicted octanol–water partition coefficient (Wildman–Crippen LogP) is 2.08. The number of amides is 2. The molecule has 0 atom stereocenters. The quantitative estimate of drug-likeness (QED) is 0.607. The van der Waals surface area contributed by atoms with Crippen LogP contribution in [-0.4, -0.2) is 82.1 Å². The minimum absolute atomic E-state index is 0.302. The van der Waals surface area contributed by atoms with Crippen molar-refractivity contribution < 1.29 is 23.9 Å². The van der Waals surface area contributed by atoms with E-state index >= 15 is 0 Å². The Morgan fingerprint density at radius 3 is 2.56 bits per heavy atom. The van der Waals surface area contributed by atoms with Gasteiger partial charge in [0.1, 0.15) is 5.82 Å². The summed E-state index contributed by atoms with van der Waals surface area (Å²) in [5, 5.41) is 0. The second kappa shape index (κ2) is 9.46. The first-order chi connectivity index (χ1) is 15.5. The van der Waals surface area contributed by atoms with E-state index in [4.69, 9.17) is 9.47 Å². The number of hydrogen-bond donors (Lipinski definition) is 1. The summed E-state index contributed by atoms with van der Waals surface area (Å²) in [5.74, 6) is -0.248. The molecule has 0 bridgehead atoms. The fourth-order valence-corrected chi connectivity index (χ4v) is 3.43. The van der Waals surface area contributed by atoms with Crippen LogP contribution in [0.5, 0.6) is 0 Å². The summed E-state index contributed by atoms with van der Waals surface area (Å²) in [7, 11) is 0. The van der Waals surface area contributed by atoms with Crippen LogP contribution in [-0.2, 0) is 14.3 Å². The number of hydrogen-bond acceptors (Lipinski definition) is 7. The Bertz CT molecular complexity index is 1120. The summed E-state index contributed by atoms with van der Waals surface area (Å²) >= 11 is 0. The Hall–Kier alpha value is -3.95. The number of aromatic amines is 1. The molecule has 0 saturated carbocycles. The van der Waals surface area contributed by atoms with E-state index in [0.717, 1.165) is 5.56 Å². The Labute approximate surface area is 184 Å². The molecule has 10 heteroatoms. The van der Waals surface area contributed by atoms with Crippen molar-refractivity contribution in [3.05, 3.63) is 48.3 Å². The van der Waals surface area contributed by atoms with E-state index in [2.05, 4.69) is 15.0 Å². The topological polar surface area (TPSA) is 118 Å². The van der Waals surface area contributed by atoms with Gasteiger partial charge in [-0.2, -0.15) is 0 Å². The summed E-state index contributed by atoms with van der Waals surface area (Å²) in [6.45, 7) is 3.19. The Kier molecular flexibility index (Phi) is 6.29. The van der Waals surface area contributed by atoms with Gasteiger partial charge in [0.05, 0.1) is 23.2 Å². The molecule has 1 fully saturated rings. The molecule has 10 nitrogen and oxygen atoms in total. The number of aromatic nitrogens is 3. The molecule has 1 aliphatic heterocycles. The highest BCUT2D eigenvalue weighted by Gasteiger charge is 2.25. The standard InChI is InChI=1S/C22H23N5O5/c1-2-31-22(30)27-10-8-26(9-11-27)19(28)14-32-21(29)15-5-6-17-18(12-15)25-20(24-17)16-4-3-7-23-13-16/h3-7,12-13H,2,8-11,14H2,1H3,(H,24,25). The molecule has 1 aliphatic rings. The van der Waals surface area contributed by atoms with Crippen LogP contribution in [0.15, 0.2) is 42.7 Å². The smallest absolute Gasteiger partial charge is 0.409 e. The third-order valence-corrected chi connectivity index (χ3v) is 5.14. The molecule has 32 heavy (non-hydrogen) atoms. The molecule has 1 aromatic carbocycles. The van der Waals surface area contributed by atoms with Crippen LogP contribution in [0, 0.1) is 0 Å². The van der Waals surface area contributed by atoms with E-state index in [1.165, 1.54) is 0 Å². The minimum atomic E-state index is -0.595. The van der Waals surface area contributed by atoms with Crippen molar-refractivity contribution in [2.75, 3.05) is 39.4 Å². The molecule has 0 unspecified atom stereocenters. The number of carbonyl (C=O) groups excluding carboxylic acids is 3. The lowest BCUT2D eigenvalue weighted by molar-refractivity contribution is -0.136. The lowest BCUT2D eigenvalue weighted by Crippen LogP contribution is -2.51. The molecule has 1 saturated heterocycles. The van der Waals surface area contributed by atoms with Crippen LogP contribution in [0.25, 0.3) is 22.4 Å². The molecule has 2 aromatic heterocycles. The number of H-pyrrole nitrogens is 1. The highest BCUT2D eigenvalue weighted by atomic mass is 16.6. The van der Waals surface area contributed by atoms with E-state index < -0.39 is 5.97 Å². The summed E-state index contributed by atoms with van der Waals surface area (Å²) in [6.07, 6.45) is 3.00. The first-order valence-electron chi connectivity index (χ1n) is 10.3. The molecule has 0 spiro atoms. The Morgan fingerprint density at radius 2 is 1.84 bits per heavy atom. The third kappa shape index (κ3) is 4.69. The van der Waals surface area contributed by atoms with Gasteiger partial charge in [0.2, 0.25) is 0 Å². The normalized spacial score (nSPS) is 13.8. The van der Waals surface area contributed by atoms with E-state index in [-0.39, 0.29) is 18.6 Å². The monoisotopic (exact) mass is 437 g/mol. The van der Waals surface area contributed by atoms with Gasteiger partial charge in [-0.3, -0.25) is 9.78 Å². The lowest BCUT2D eigenvalue weighted by Gasteiger charge is -2.33. The second-order valence-electron chi connectivity index (χ2n) is 7.20. The molecule has 2 amide bonds. The molecular formula is C22H23N5O5. The number of benzene rings is 1. The molecule has 0 aliphatic carbocycles. The van der Waals surface area contributed by atoms with Crippen LogP contribution in [0.4, 0.5) is 4.79 Å². The van der Waals surface area contributed by atoms with E-state index in [1.807, 2.05) is 12.1 Å². The summed E-state index contributed by atoms with van der Waals surface area (Å²) in [5.41, 5.74) is 2.54. The fourth-order valence-electron chi connectivity index (χ4n) is 3.43. The van der Waals surface area contributed by atoms with Crippen molar-refractivity contribution in [1.82, 2.24) is 24.8 Å². The van der Waals surface area contributed by atoms with Crippen molar-refractivity contribution in [3.63, 3.8) is 0 Å². The molecule has 3 aromatic rings. The van der Waals surface area contributed by atoms with Crippen LogP contribution >= 0.6 is 0 Å². The summed E-state index contributed by atoms with van der Waals surface area (Å²) < 4.78 is 10.2. The second-order valence-corrected chi connectivity index (χ2v) is 7.20. The minimum Gasteiger partial charge on any atom is -0.452 e. The zero-order chi connectivity index (χ0) is 22.5. The fraction of sp³-hybridized carbons (Fsp3) is 0.318. The predicted molar refractivity (Wildman–Crippen MR) is 115 cm³/mol. The number of carbonyl (C=O) groups is 3. The van der Waals surface area contributed by atoms with Gasteiger partial charge in [-0.15, -0.1) is 0 Å². The van der Waals surface area contributed by atoms with Crippen LogP contribution in [0.3, 0.4) is 0 Å². The van der Waals surface area contributed by atoms with Gasteiger partial charge < -0.3 is 24.3 Å². The average molecular weight is 437 g/mol. The zero-order valence-electron chi connectivity index (χ0n) is 17.6. The van der Waals surface area contributed by atoms with Crippen molar-refractivity contribution in [2.24, 2.45) is 0 Å². The van der Waals surface area contributed by atoms with Gasteiger partial charge in [-0.05, 0) is 37.3 Å². The highest BCUT2D eigenvalue weighted by Crippen LogP contribution is 2.21. The molecule has 166 valence electrons. The number of rotatable bonds is 5. The zero-order valence-corrected chi connectivity index (χ0v) is 17.6. The van der Waals surface area contributed by atoms with Crippen LogP contribution in [0.1, 0.15) is 17.3 Å². The van der Waals surface area contributed by atoms with Gasteiger partial charge >= 0.3 is 12.1 Å². The van der Waals surface area contributed by atoms with Gasteiger partial charge in [-0.25, -0.2) is 14.6 Å². The van der Waals surface area contributed by atoms with Crippen molar-refractivity contribution in [2.45, 2.75) is 6.92 Å². The first-order valence-corrected chi connectivity index (χ1v) is 10.3. The molecule has 3 heterocycles. The molecular weight excluding hydrogens is 414 g/mol. The summed E-state index contributed by atoms with van der Waals surface area (Å²) in [6, 6.07) is 8.68. The van der Waals surface area contributed by atoms with Crippen molar-refractivity contribution in [1.29, 1.82) is 0 Å². The lowest BCUT2D eigenvalue weighted by atomic mass is 10.2. The SMILES string of the molecule is CCOC(=O)N1CCN(C(=O)COC(=O)c2ccc3nc(-c4cccnc4)[nH]c3c2)CC1. The maximum Gasteiger partial charge on any atom is 0.409 e. The molecule has 4 rings (SSSR count). The van der Waals surface area contributed by atoms with Gasteiger partial charge in [0.25, 0.3) is 5.91 Å². The number of pyridine rings is 1. The molecule has 0 radical (unpaired) electrons.